The van der Waals surface area contributed by atoms with E-state index in [0.29, 0.717) is 25.4 Å². The highest BCUT2D eigenvalue weighted by molar-refractivity contribution is 5.91. The van der Waals surface area contributed by atoms with E-state index in [9.17, 15) is 9.59 Å². The van der Waals surface area contributed by atoms with E-state index in [1.54, 1.807) is 30.4 Å². The van der Waals surface area contributed by atoms with E-state index in [2.05, 4.69) is 0 Å². The lowest BCUT2D eigenvalue weighted by atomic mass is 10.1. The third-order valence-corrected chi connectivity index (χ3v) is 4.87. The number of hydrogen-bond donors (Lipinski definition) is 0. The fraction of sp³-hybridized carbons (Fsp3) is 0.333. The molecular weight excluding hydrogens is 346 g/mol. The van der Waals surface area contributed by atoms with Crippen LogP contribution in [0.25, 0.3) is 11.0 Å². The lowest BCUT2D eigenvalue weighted by Crippen LogP contribution is -2.35. The van der Waals surface area contributed by atoms with Gasteiger partial charge in [-0.15, -0.1) is 0 Å². The van der Waals surface area contributed by atoms with E-state index < -0.39 is 5.63 Å². The number of furan rings is 1. The smallest absolute Gasteiger partial charge is 0.336 e. The molecule has 0 atom stereocenters. The molecule has 1 saturated carbocycles. The van der Waals surface area contributed by atoms with Gasteiger partial charge in [0.15, 0.2) is 5.76 Å². The minimum absolute atomic E-state index is 0.0813. The van der Waals surface area contributed by atoms with Crippen LogP contribution in [0.2, 0.25) is 0 Å². The summed E-state index contributed by atoms with van der Waals surface area (Å²) >= 11 is 0. The van der Waals surface area contributed by atoms with Crippen molar-refractivity contribution in [3.8, 4) is 5.75 Å². The first kappa shape index (κ1) is 17.4. The number of carbonyl (C=O) groups is 1. The minimum Gasteiger partial charge on any atom is -0.496 e. The van der Waals surface area contributed by atoms with Crippen molar-refractivity contribution >= 4 is 16.9 Å². The molecule has 3 aromatic rings. The molecule has 1 aliphatic carbocycles. The standard InChI is InChI=1S/C21H21NO5/c1-25-16-4-2-5-17-20(16)15(13-26-17)10-11-22(12-14-8-9-14)21(24)18-6-3-7-19(23)27-18/h2-7,13-14H,8-12H2,1H3. The maximum absolute atomic E-state index is 12.9. The van der Waals surface area contributed by atoms with Gasteiger partial charge >= 0.3 is 5.63 Å². The number of amides is 1. The molecule has 0 N–H and O–H groups in total. The van der Waals surface area contributed by atoms with Gasteiger partial charge in [-0.25, -0.2) is 4.79 Å². The lowest BCUT2D eigenvalue weighted by molar-refractivity contribution is 0.0712. The monoisotopic (exact) mass is 367 g/mol. The number of ether oxygens (including phenoxy) is 1. The Kier molecular flexibility index (Phi) is 4.71. The molecule has 0 radical (unpaired) electrons. The molecule has 1 aromatic carbocycles. The summed E-state index contributed by atoms with van der Waals surface area (Å²) in [5, 5.41) is 0.935. The SMILES string of the molecule is COc1cccc2occ(CCN(CC3CC3)C(=O)c3cccc(=O)o3)c12. The van der Waals surface area contributed by atoms with Crippen LogP contribution in [0.3, 0.4) is 0 Å². The largest absolute Gasteiger partial charge is 0.496 e. The van der Waals surface area contributed by atoms with Crippen molar-refractivity contribution in [2.45, 2.75) is 19.3 Å². The summed E-state index contributed by atoms with van der Waals surface area (Å²) in [6.07, 6.45) is 4.61. The van der Waals surface area contributed by atoms with Crippen molar-refractivity contribution in [2.75, 3.05) is 20.2 Å². The molecular formula is C21H21NO5. The Morgan fingerprint density at radius 2 is 2.04 bits per heavy atom. The molecule has 0 unspecified atom stereocenters. The first-order valence-electron chi connectivity index (χ1n) is 9.08. The van der Waals surface area contributed by atoms with Crippen LogP contribution >= 0.6 is 0 Å². The maximum atomic E-state index is 12.9. The van der Waals surface area contributed by atoms with Gasteiger partial charge in [-0.05, 0) is 43.4 Å². The second-order valence-corrected chi connectivity index (χ2v) is 6.85. The molecule has 1 fully saturated rings. The fourth-order valence-electron chi connectivity index (χ4n) is 3.28. The summed E-state index contributed by atoms with van der Waals surface area (Å²) in [5.41, 5.74) is 1.24. The number of hydrogen-bond acceptors (Lipinski definition) is 5. The summed E-state index contributed by atoms with van der Waals surface area (Å²) in [6.45, 7) is 1.19. The summed E-state index contributed by atoms with van der Waals surface area (Å²) < 4.78 is 16.2. The Labute approximate surface area is 156 Å². The highest BCUT2D eigenvalue weighted by Crippen LogP contribution is 2.32. The number of benzene rings is 1. The van der Waals surface area contributed by atoms with Crippen molar-refractivity contribution in [1.82, 2.24) is 4.90 Å². The molecule has 6 nitrogen and oxygen atoms in total. The van der Waals surface area contributed by atoms with Crippen LogP contribution in [0.1, 0.15) is 29.0 Å². The second kappa shape index (κ2) is 7.31. The molecule has 0 spiro atoms. The first-order valence-corrected chi connectivity index (χ1v) is 9.08. The van der Waals surface area contributed by atoms with Crippen LogP contribution in [-0.2, 0) is 6.42 Å². The summed E-state index contributed by atoms with van der Waals surface area (Å²) in [4.78, 5) is 26.1. The topological polar surface area (TPSA) is 72.9 Å². The third kappa shape index (κ3) is 3.74. The predicted octanol–water partition coefficient (Wildman–Crippen LogP) is 3.49. The quantitative estimate of drug-likeness (QED) is 0.639. The number of rotatable bonds is 7. The van der Waals surface area contributed by atoms with E-state index in [1.807, 2.05) is 18.2 Å². The van der Waals surface area contributed by atoms with Gasteiger partial charge in [-0.3, -0.25) is 4.79 Å². The average molecular weight is 367 g/mol. The van der Waals surface area contributed by atoms with E-state index in [1.165, 1.54) is 6.07 Å². The molecule has 0 aliphatic heterocycles. The average Bonchev–Trinajstić information content (AvgIpc) is 3.41. The Balaban J connectivity index is 1.56. The van der Waals surface area contributed by atoms with Crippen molar-refractivity contribution in [3.05, 3.63) is 64.4 Å². The van der Waals surface area contributed by atoms with Gasteiger partial charge in [-0.2, -0.15) is 0 Å². The molecule has 1 aliphatic rings. The van der Waals surface area contributed by atoms with E-state index in [-0.39, 0.29) is 11.7 Å². The number of nitrogens with zero attached hydrogens (tertiary/aromatic N) is 1. The molecule has 0 bridgehead atoms. The Morgan fingerprint density at radius 3 is 2.78 bits per heavy atom. The van der Waals surface area contributed by atoms with Gasteiger partial charge < -0.3 is 18.5 Å². The van der Waals surface area contributed by atoms with Gasteiger partial charge in [0.05, 0.1) is 18.8 Å². The number of fused-ring (bicyclic) bond motifs is 1. The van der Waals surface area contributed by atoms with Gasteiger partial charge in [0, 0.05) is 24.7 Å². The Hall–Kier alpha value is -3.02. The van der Waals surface area contributed by atoms with Gasteiger partial charge in [0.1, 0.15) is 11.3 Å². The minimum atomic E-state index is -0.516. The molecule has 140 valence electrons. The second-order valence-electron chi connectivity index (χ2n) is 6.85. The molecule has 6 heteroatoms. The lowest BCUT2D eigenvalue weighted by Gasteiger charge is -2.21. The maximum Gasteiger partial charge on any atom is 0.336 e. The zero-order chi connectivity index (χ0) is 18.8. The van der Waals surface area contributed by atoms with E-state index in [4.69, 9.17) is 13.6 Å². The van der Waals surface area contributed by atoms with Crippen LogP contribution in [0, 0.1) is 5.92 Å². The normalized spacial score (nSPS) is 13.7. The molecule has 27 heavy (non-hydrogen) atoms. The van der Waals surface area contributed by atoms with Crippen molar-refractivity contribution in [2.24, 2.45) is 5.92 Å². The zero-order valence-electron chi connectivity index (χ0n) is 15.1. The van der Waals surface area contributed by atoms with Gasteiger partial charge in [0.2, 0.25) is 0 Å². The van der Waals surface area contributed by atoms with Crippen LogP contribution in [0.15, 0.2) is 56.3 Å². The molecule has 0 saturated heterocycles. The third-order valence-electron chi connectivity index (χ3n) is 4.87. The summed E-state index contributed by atoms with van der Waals surface area (Å²) in [7, 11) is 1.63. The number of methoxy groups -OCH3 is 1. The molecule has 4 rings (SSSR count). The van der Waals surface area contributed by atoms with Crippen LogP contribution in [0.5, 0.6) is 5.75 Å². The van der Waals surface area contributed by atoms with Crippen molar-refractivity contribution in [3.63, 3.8) is 0 Å². The summed E-state index contributed by atoms with van der Waals surface area (Å²) in [6, 6.07) is 10.1. The highest BCUT2D eigenvalue weighted by atomic mass is 16.5. The van der Waals surface area contributed by atoms with Crippen LogP contribution < -0.4 is 10.4 Å². The summed E-state index contributed by atoms with van der Waals surface area (Å²) in [5.74, 6) is 1.11. The first-order chi connectivity index (χ1) is 13.2. The molecule has 2 aromatic heterocycles. The van der Waals surface area contributed by atoms with Crippen LogP contribution in [-0.4, -0.2) is 31.0 Å². The van der Waals surface area contributed by atoms with E-state index in [0.717, 1.165) is 35.1 Å². The van der Waals surface area contributed by atoms with Gasteiger partial charge in [-0.1, -0.05) is 12.1 Å². The van der Waals surface area contributed by atoms with E-state index >= 15 is 0 Å². The Morgan fingerprint density at radius 1 is 1.22 bits per heavy atom. The fourth-order valence-corrected chi connectivity index (χ4v) is 3.28. The highest BCUT2D eigenvalue weighted by Gasteiger charge is 2.28. The predicted molar refractivity (Wildman–Crippen MR) is 100 cm³/mol. The van der Waals surface area contributed by atoms with Gasteiger partial charge in [0.25, 0.3) is 5.91 Å². The Bertz CT molecular complexity index is 1010. The van der Waals surface area contributed by atoms with Crippen molar-refractivity contribution < 1.29 is 18.4 Å². The van der Waals surface area contributed by atoms with Crippen LogP contribution in [0.4, 0.5) is 0 Å². The molecule has 1 amide bonds. The number of carbonyl (C=O) groups excluding carboxylic acids is 1. The van der Waals surface area contributed by atoms with Crippen molar-refractivity contribution in [1.29, 1.82) is 0 Å². The zero-order valence-corrected chi connectivity index (χ0v) is 15.1. The molecule has 2 heterocycles.